The van der Waals surface area contributed by atoms with Crippen LogP contribution in [0.2, 0.25) is 31.2 Å². The molecule has 0 heterocycles. The highest BCUT2D eigenvalue weighted by atomic mass is 28.4. The lowest BCUT2D eigenvalue weighted by molar-refractivity contribution is 0.209. The number of hydrogen-bond donors (Lipinski definition) is 0. The first-order valence-corrected chi connectivity index (χ1v) is 15.4. The summed E-state index contributed by atoms with van der Waals surface area (Å²) < 4.78 is 6.72. The van der Waals surface area contributed by atoms with E-state index in [1.807, 2.05) is 0 Å². The summed E-state index contributed by atoms with van der Waals surface area (Å²) in [5, 5.41) is 1.75. The Morgan fingerprint density at radius 2 is 1.58 bits per heavy atom. The predicted octanol–water partition coefficient (Wildman–Crippen LogP) is 6.13. The molecule has 1 aromatic rings. The molecule has 0 N–H and O–H groups in total. The maximum Gasteiger partial charge on any atom is 0.193 e. The molecule has 0 aliphatic carbocycles. The molecule has 1 aromatic carbocycles. The van der Waals surface area contributed by atoms with E-state index in [2.05, 4.69) is 103 Å². The highest BCUT2D eigenvalue weighted by Gasteiger charge is 2.44. The van der Waals surface area contributed by atoms with Gasteiger partial charge >= 0.3 is 0 Å². The van der Waals surface area contributed by atoms with Gasteiger partial charge in [0.05, 0.1) is 6.10 Å². The topological polar surface area (TPSA) is 9.23 Å². The zero-order chi connectivity index (χ0) is 18.6. The standard InChI is InChI=1S/C21H38OSi2/c1-10-19(22-24(8,9)21(4,5)18(2)3)16-17-23(6,7)20-14-12-11-13-15-20/h11-19H,10H2,1-9H3/b17-16+. The monoisotopic (exact) mass is 362 g/mol. The molecule has 1 rings (SSSR count). The second-order valence-electron chi connectivity index (χ2n) is 8.90. The first kappa shape index (κ1) is 21.4. The molecule has 0 bridgehead atoms. The quantitative estimate of drug-likeness (QED) is 0.505. The molecule has 0 aliphatic rings. The molecule has 136 valence electrons. The van der Waals surface area contributed by atoms with E-state index in [1.54, 1.807) is 0 Å². The summed E-state index contributed by atoms with van der Waals surface area (Å²) in [6, 6.07) is 10.9. The second-order valence-corrected chi connectivity index (χ2v) is 17.8. The molecule has 1 unspecified atom stereocenters. The fraction of sp³-hybridized carbons (Fsp3) is 0.619. The van der Waals surface area contributed by atoms with E-state index in [9.17, 15) is 0 Å². The Labute approximate surface area is 152 Å². The summed E-state index contributed by atoms with van der Waals surface area (Å²) >= 11 is 0. The molecular weight excluding hydrogens is 324 g/mol. The summed E-state index contributed by atoms with van der Waals surface area (Å²) in [6.07, 6.45) is 3.63. The molecule has 0 radical (unpaired) electrons. The van der Waals surface area contributed by atoms with Crippen molar-refractivity contribution in [3.05, 3.63) is 42.1 Å². The highest BCUT2D eigenvalue weighted by molar-refractivity contribution is 6.93. The Hall–Kier alpha value is -0.646. The molecule has 0 aromatic heterocycles. The molecule has 3 heteroatoms. The molecule has 0 aliphatic heterocycles. The van der Waals surface area contributed by atoms with Gasteiger partial charge in [-0.1, -0.05) is 95.0 Å². The van der Waals surface area contributed by atoms with Gasteiger partial charge in [0.1, 0.15) is 8.07 Å². The van der Waals surface area contributed by atoms with Crippen LogP contribution in [-0.2, 0) is 4.43 Å². The van der Waals surface area contributed by atoms with Crippen molar-refractivity contribution in [3.63, 3.8) is 0 Å². The van der Waals surface area contributed by atoms with Gasteiger partial charge in [-0.05, 0) is 30.5 Å². The van der Waals surface area contributed by atoms with Crippen LogP contribution in [0.15, 0.2) is 42.1 Å². The lowest BCUT2D eigenvalue weighted by Gasteiger charge is -2.44. The zero-order valence-electron chi connectivity index (χ0n) is 17.3. The molecule has 0 saturated heterocycles. The van der Waals surface area contributed by atoms with Crippen molar-refractivity contribution in [1.82, 2.24) is 0 Å². The second kappa shape index (κ2) is 8.16. The minimum absolute atomic E-state index is 0.236. The summed E-state index contributed by atoms with van der Waals surface area (Å²) in [6.45, 7) is 21.2. The van der Waals surface area contributed by atoms with Crippen molar-refractivity contribution in [2.75, 3.05) is 0 Å². The Balaban J connectivity index is 2.91. The average Bonchev–Trinajstić information content (AvgIpc) is 2.51. The number of benzene rings is 1. The van der Waals surface area contributed by atoms with Gasteiger partial charge in [-0.15, -0.1) is 0 Å². The van der Waals surface area contributed by atoms with Crippen molar-refractivity contribution in [1.29, 1.82) is 0 Å². The van der Waals surface area contributed by atoms with E-state index in [1.165, 1.54) is 5.19 Å². The third kappa shape index (κ3) is 5.17. The van der Waals surface area contributed by atoms with Crippen molar-refractivity contribution in [3.8, 4) is 0 Å². The van der Waals surface area contributed by atoms with Crippen LogP contribution >= 0.6 is 0 Å². The largest absolute Gasteiger partial charge is 0.411 e. The van der Waals surface area contributed by atoms with Gasteiger partial charge in [0.2, 0.25) is 0 Å². The Kier molecular flexibility index (Phi) is 7.27. The summed E-state index contributed by atoms with van der Waals surface area (Å²) in [5.41, 5.74) is 2.46. The number of rotatable bonds is 8. The average molecular weight is 363 g/mol. The van der Waals surface area contributed by atoms with Gasteiger partial charge in [-0.25, -0.2) is 0 Å². The molecule has 1 nitrogen and oxygen atoms in total. The lowest BCUT2D eigenvalue weighted by atomic mass is 9.99. The van der Waals surface area contributed by atoms with Crippen molar-refractivity contribution in [2.45, 2.75) is 78.4 Å². The molecule has 0 saturated carbocycles. The first-order chi connectivity index (χ1) is 10.9. The summed E-state index contributed by atoms with van der Waals surface area (Å²) in [5.74, 6) is 0.635. The Morgan fingerprint density at radius 3 is 2.04 bits per heavy atom. The van der Waals surface area contributed by atoms with Crippen LogP contribution in [-0.4, -0.2) is 22.5 Å². The van der Waals surface area contributed by atoms with E-state index in [-0.39, 0.29) is 11.1 Å². The number of hydrogen-bond acceptors (Lipinski definition) is 1. The zero-order valence-corrected chi connectivity index (χ0v) is 19.3. The van der Waals surface area contributed by atoms with Crippen LogP contribution in [0.1, 0.15) is 41.0 Å². The maximum absolute atomic E-state index is 6.72. The highest BCUT2D eigenvalue weighted by Crippen LogP contribution is 2.45. The predicted molar refractivity (Wildman–Crippen MR) is 114 cm³/mol. The van der Waals surface area contributed by atoms with E-state index >= 15 is 0 Å². The van der Waals surface area contributed by atoms with E-state index in [0.29, 0.717) is 5.92 Å². The first-order valence-electron chi connectivity index (χ1n) is 9.36. The molecule has 0 amide bonds. The van der Waals surface area contributed by atoms with Crippen LogP contribution in [0.25, 0.3) is 0 Å². The Morgan fingerprint density at radius 1 is 1.04 bits per heavy atom. The van der Waals surface area contributed by atoms with Gasteiger partial charge in [0.15, 0.2) is 8.32 Å². The van der Waals surface area contributed by atoms with Crippen LogP contribution in [0.3, 0.4) is 0 Å². The van der Waals surface area contributed by atoms with Crippen LogP contribution in [0.4, 0.5) is 0 Å². The van der Waals surface area contributed by atoms with E-state index < -0.39 is 16.4 Å². The summed E-state index contributed by atoms with van der Waals surface area (Å²) in [4.78, 5) is 0. The normalized spacial score (nSPS) is 15.2. The minimum atomic E-state index is -1.79. The molecular formula is C21H38OSi2. The van der Waals surface area contributed by atoms with Crippen LogP contribution in [0, 0.1) is 5.92 Å². The molecule has 24 heavy (non-hydrogen) atoms. The molecule has 1 atom stereocenters. The summed E-state index contributed by atoms with van der Waals surface area (Å²) in [7, 11) is -3.34. The van der Waals surface area contributed by atoms with Crippen LogP contribution in [0.5, 0.6) is 0 Å². The molecule has 0 fully saturated rings. The third-order valence-electron chi connectivity index (χ3n) is 6.09. The van der Waals surface area contributed by atoms with Gasteiger partial charge < -0.3 is 4.43 Å². The minimum Gasteiger partial charge on any atom is -0.411 e. The van der Waals surface area contributed by atoms with Crippen molar-refractivity contribution < 1.29 is 4.43 Å². The van der Waals surface area contributed by atoms with Crippen molar-refractivity contribution in [2.24, 2.45) is 5.92 Å². The van der Waals surface area contributed by atoms with Gasteiger partial charge in [0, 0.05) is 0 Å². The van der Waals surface area contributed by atoms with E-state index in [4.69, 9.17) is 4.43 Å². The van der Waals surface area contributed by atoms with E-state index in [0.717, 1.165) is 6.42 Å². The van der Waals surface area contributed by atoms with Gasteiger partial charge in [-0.3, -0.25) is 0 Å². The third-order valence-corrected chi connectivity index (χ3v) is 13.5. The van der Waals surface area contributed by atoms with Gasteiger partial charge in [0.25, 0.3) is 0 Å². The fourth-order valence-electron chi connectivity index (χ4n) is 2.80. The van der Waals surface area contributed by atoms with Crippen molar-refractivity contribution >= 4 is 21.6 Å². The smallest absolute Gasteiger partial charge is 0.193 e. The maximum atomic E-state index is 6.72. The lowest BCUT2D eigenvalue weighted by Crippen LogP contribution is -2.47. The Bertz CT molecular complexity index is 530. The SMILES string of the molecule is CCC(/C=C/[Si](C)(C)c1ccccc1)O[Si](C)(C)C(C)(C)C(C)C. The molecule has 0 spiro atoms. The van der Waals surface area contributed by atoms with Gasteiger partial charge in [-0.2, -0.15) is 0 Å². The van der Waals surface area contributed by atoms with Crippen LogP contribution < -0.4 is 5.19 Å². The fourth-order valence-corrected chi connectivity index (χ4v) is 7.43.